The third-order valence-corrected chi connectivity index (χ3v) is 6.15. The number of thiophene rings is 1. The lowest BCUT2D eigenvalue weighted by atomic mass is 9.91. The summed E-state index contributed by atoms with van der Waals surface area (Å²) in [5.74, 6) is -1.71. The first kappa shape index (κ1) is 19.9. The highest BCUT2D eigenvalue weighted by atomic mass is 32.1. The van der Waals surface area contributed by atoms with Crippen molar-refractivity contribution in [2.24, 2.45) is 0 Å². The van der Waals surface area contributed by atoms with Gasteiger partial charge in [-0.3, -0.25) is 9.69 Å². The van der Waals surface area contributed by atoms with Crippen LogP contribution < -0.4 is 5.56 Å². The minimum atomic E-state index is -1.03. The molecule has 29 heavy (non-hydrogen) atoms. The van der Waals surface area contributed by atoms with E-state index in [1.165, 1.54) is 16.8 Å². The molecule has 152 valence electrons. The minimum absolute atomic E-state index is 0.129. The fraction of sp³-hybridized carbons (Fsp3) is 0.333. The van der Waals surface area contributed by atoms with Crippen LogP contribution in [0, 0.1) is 11.6 Å². The van der Waals surface area contributed by atoms with Crippen LogP contribution >= 0.6 is 11.3 Å². The zero-order valence-electron chi connectivity index (χ0n) is 15.7. The Morgan fingerprint density at radius 2 is 1.90 bits per heavy atom. The van der Waals surface area contributed by atoms with E-state index >= 15 is 0 Å². The number of aliphatic hydroxyl groups is 1. The summed E-state index contributed by atoms with van der Waals surface area (Å²) in [7, 11) is 0. The summed E-state index contributed by atoms with van der Waals surface area (Å²) in [4.78, 5) is 15.3. The molecule has 0 aliphatic carbocycles. The summed E-state index contributed by atoms with van der Waals surface area (Å²) in [6.45, 7) is 1.80. The van der Waals surface area contributed by atoms with Gasteiger partial charge in [0, 0.05) is 25.7 Å². The Balaban J connectivity index is 1.41. The van der Waals surface area contributed by atoms with Gasteiger partial charge in [-0.05, 0) is 48.1 Å². The lowest BCUT2D eigenvalue weighted by Crippen LogP contribution is -2.48. The van der Waals surface area contributed by atoms with Crippen molar-refractivity contribution in [3.63, 3.8) is 0 Å². The maximum Gasteiger partial charge on any atom is 0.266 e. The molecule has 4 rings (SSSR count). The Bertz CT molecular complexity index is 1040. The number of hydrogen-bond donors (Lipinski definition) is 1. The first-order chi connectivity index (χ1) is 13.9. The number of likely N-dealkylation sites (tertiary alicyclic amines) is 1. The number of hydrogen-bond acceptors (Lipinski definition) is 5. The Morgan fingerprint density at radius 1 is 1.10 bits per heavy atom. The summed E-state index contributed by atoms with van der Waals surface area (Å²) in [6.07, 6.45) is 0.933. The van der Waals surface area contributed by atoms with Crippen LogP contribution in [0.2, 0.25) is 0 Å². The van der Waals surface area contributed by atoms with Gasteiger partial charge in [0.2, 0.25) is 0 Å². The van der Waals surface area contributed by atoms with Crippen LogP contribution in [0.4, 0.5) is 8.78 Å². The molecule has 1 N–H and O–H groups in total. The maximum atomic E-state index is 13.4. The lowest BCUT2D eigenvalue weighted by molar-refractivity contribution is -0.0389. The second kappa shape index (κ2) is 8.14. The first-order valence-corrected chi connectivity index (χ1v) is 10.3. The largest absolute Gasteiger partial charge is 0.388 e. The molecule has 8 heteroatoms. The Hall–Kier alpha value is -2.42. The number of aromatic nitrogens is 2. The number of halogens is 2. The molecule has 0 saturated carbocycles. The van der Waals surface area contributed by atoms with Crippen LogP contribution in [0.15, 0.2) is 52.6 Å². The van der Waals surface area contributed by atoms with Crippen molar-refractivity contribution < 1.29 is 13.9 Å². The van der Waals surface area contributed by atoms with Crippen molar-refractivity contribution in [2.45, 2.75) is 31.5 Å². The summed E-state index contributed by atoms with van der Waals surface area (Å²) < 4.78 is 27.8. The van der Waals surface area contributed by atoms with Gasteiger partial charge in [-0.25, -0.2) is 13.5 Å². The molecule has 1 fully saturated rings. The van der Waals surface area contributed by atoms with Crippen LogP contribution in [0.3, 0.4) is 0 Å². The van der Waals surface area contributed by atoms with Gasteiger partial charge in [-0.2, -0.15) is 5.10 Å². The smallest absolute Gasteiger partial charge is 0.266 e. The molecule has 0 spiro atoms. The second-order valence-electron chi connectivity index (χ2n) is 7.44. The zero-order chi connectivity index (χ0) is 20.4. The van der Waals surface area contributed by atoms with Crippen LogP contribution in [0.5, 0.6) is 0 Å². The average molecular weight is 417 g/mol. The SMILES string of the molecule is O=c1ccc(-c2cccs2)nn1CC1(O)CCN(Cc2ccc(F)c(F)c2)CC1. The highest BCUT2D eigenvalue weighted by Crippen LogP contribution is 2.26. The van der Waals surface area contributed by atoms with Crippen molar-refractivity contribution in [1.82, 2.24) is 14.7 Å². The minimum Gasteiger partial charge on any atom is -0.388 e. The molecule has 0 amide bonds. The molecule has 1 aliphatic heterocycles. The molecule has 3 aromatic rings. The molecule has 1 aliphatic rings. The molecule has 5 nitrogen and oxygen atoms in total. The molecule has 2 aromatic heterocycles. The van der Waals surface area contributed by atoms with Gasteiger partial charge in [0.15, 0.2) is 11.6 Å². The van der Waals surface area contributed by atoms with Crippen molar-refractivity contribution in [2.75, 3.05) is 13.1 Å². The third-order valence-electron chi connectivity index (χ3n) is 5.26. The number of nitrogens with zero attached hydrogens (tertiary/aromatic N) is 3. The Labute approximate surface area is 170 Å². The van der Waals surface area contributed by atoms with E-state index in [-0.39, 0.29) is 12.1 Å². The summed E-state index contributed by atoms with van der Waals surface area (Å²) in [5, 5.41) is 17.4. The van der Waals surface area contributed by atoms with Crippen LogP contribution in [-0.4, -0.2) is 38.5 Å². The normalized spacial score (nSPS) is 16.8. The molecule has 0 unspecified atom stereocenters. The number of benzene rings is 1. The van der Waals surface area contributed by atoms with Crippen molar-refractivity contribution >= 4 is 11.3 Å². The van der Waals surface area contributed by atoms with E-state index in [0.29, 0.717) is 43.7 Å². The van der Waals surface area contributed by atoms with Crippen molar-refractivity contribution in [1.29, 1.82) is 0 Å². The van der Waals surface area contributed by atoms with E-state index in [0.717, 1.165) is 10.9 Å². The number of piperidine rings is 1. The van der Waals surface area contributed by atoms with Crippen LogP contribution in [0.25, 0.3) is 10.6 Å². The van der Waals surface area contributed by atoms with E-state index < -0.39 is 17.2 Å². The van der Waals surface area contributed by atoms with Gasteiger partial charge in [-0.1, -0.05) is 12.1 Å². The quantitative estimate of drug-likeness (QED) is 0.692. The van der Waals surface area contributed by atoms with Gasteiger partial charge >= 0.3 is 0 Å². The van der Waals surface area contributed by atoms with Crippen LogP contribution in [0.1, 0.15) is 18.4 Å². The summed E-state index contributed by atoms with van der Waals surface area (Å²) >= 11 is 1.54. The van der Waals surface area contributed by atoms with E-state index in [1.54, 1.807) is 23.5 Å². The fourth-order valence-electron chi connectivity index (χ4n) is 3.58. The average Bonchev–Trinajstić information content (AvgIpc) is 3.23. The molecular formula is C21H21F2N3O2S. The molecule has 1 aromatic carbocycles. The summed E-state index contributed by atoms with van der Waals surface area (Å²) in [5.41, 5.74) is 0.118. The predicted octanol–water partition coefficient (Wildman–Crippen LogP) is 3.28. The summed E-state index contributed by atoms with van der Waals surface area (Å²) in [6, 6.07) is 10.9. The van der Waals surface area contributed by atoms with E-state index in [9.17, 15) is 18.7 Å². The molecule has 0 atom stereocenters. The molecule has 1 saturated heterocycles. The third kappa shape index (κ3) is 4.60. The Morgan fingerprint density at radius 3 is 2.59 bits per heavy atom. The maximum absolute atomic E-state index is 13.4. The van der Waals surface area contributed by atoms with Crippen molar-refractivity contribution in [3.05, 3.63) is 75.4 Å². The van der Waals surface area contributed by atoms with Gasteiger partial charge in [-0.15, -0.1) is 11.3 Å². The topological polar surface area (TPSA) is 58.4 Å². The van der Waals surface area contributed by atoms with Gasteiger partial charge in [0.05, 0.1) is 17.0 Å². The van der Waals surface area contributed by atoms with E-state index in [2.05, 4.69) is 10.00 Å². The van der Waals surface area contributed by atoms with E-state index in [1.807, 2.05) is 17.5 Å². The monoisotopic (exact) mass is 417 g/mol. The molecule has 0 radical (unpaired) electrons. The fourth-order valence-corrected chi connectivity index (χ4v) is 4.27. The highest BCUT2D eigenvalue weighted by Gasteiger charge is 2.33. The highest BCUT2D eigenvalue weighted by molar-refractivity contribution is 7.13. The van der Waals surface area contributed by atoms with Gasteiger partial charge < -0.3 is 5.11 Å². The molecule has 3 heterocycles. The number of rotatable bonds is 5. The second-order valence-corrected chi connectivity index (χ2v) is 8.39. The van der Waals surface area contributed by atoms with Crippen molar-refractivity contribution in [3.8, 4) is 10.6 Å². The molecular weight excluding hydrogens is 396 g/mol. The molecule has 0 bridgehead atoms. The standard InChI is InChI=1S/C21H21F2N3O2S/c22-16-4-3-15(12-17(16)23)13-25-9-7-21(28,8-10-25)14-26-20(27)6-5-18(24-26)19-2-1-11-29-19/h1-6,11-12,28H,7-10,13-14H2. The van der Waals surface area contributed by atoms with Gasteiger partial charge in [0.1, 0.15) is 5.69 Å². The predicted molar refractivity (Wildman–Crippen MR) is 108 cm³/mol. The van der Waals surface area contributed by atoms with Crippen LogP contribution in [-0.2, 0) is 13.1 Å². The Kier molecular flexibility index (Phi) is 5.58. The zero-order valence-corrected chi connectivity index (χ0v) is 16.5. The van der Waals surface area contributed by atoms with Gasteiger partial charge in [0.25, 0.3) is 5.56 Å². The van der Waals surface area contributed by atoms with E-state index in [4.69, 9.17) is 0 Å². The lowest BCUT2D eigenvalue weighted by Gasteiger charge is -2.38. The first-order valence-electron chi connectivity index (χ1n) is 9.43.